The first-order valence-electron chi connectivity index (χ1n) is 5.93. The smallest absolute Gasteiger partial charge is 0.248 e. The second kappa shape index (κ2) is 4.96. The Morgan fingerprint density at radius 1 is 1.50 bits per heavy atom. The number of hydrogen-bond acceptors (Lipinski definition) is 4. The van der Waals surface area contributed by atoms with Crippen LogP contribution in [0.15, 0.2) is 18.2 Å². The number of ether oxygens (including phenoxy) is 1. The molecule has 0 bridgehead atoms. The molecule has 98 valence electrons. The van der Waals surface area contributed by atoms with Crippen molar-refractivity contribution in [2.75, 3.05) is 44.2 Å². The molecule has 18 heavy (non-hydrogen) atoms. The lowest BCUT2D eigenvalue weighted by atomic mass is 10.1. The second-order valence-electron chi connectivity index (χ2n) is 4.53. The molecule has 1 aromatic rings. The highest BCUT2D eigenvalue weighted by Gasteiger charge is 2.32. The number of fused-ring (bicyclic) bond motifs is 1. The summed E-state index contributed by atoms with van der Waals surface area (Å²) in [6.45, 7) is 1.47. The van der Waals surface area contributed by atoms with Crippen LogP contribution >= 0.6 is 0 Å². The molecule has 0 spiro atoms. The molecular formula is C13H19N3O2. The molecule has 0 saturated carbocycles. The summed E-state index contributed by atoms with van der Waals surface area (Å²) in [5, 5.41) is 0. The number of hydrogen-bond donors (Lipinski definition) is 1. The van der Waals surface area contributed by atoms with Gasteiger partial charge in [0.15, 0.2) is 0 Å². The van der Waals surface area contributed by atoms with Crippen LogP contribution in [0.3, 0.4) is 0 Å². The summed E-state index contributed by atoms with van der Waals surface area (Å²) in [5.74, 6) is -0.0540. The number of amides is 1. The summed E-state index contributed by atoms with van der Waals surface area (Å²) >= 11 is 0. The molecule has 1 aliphatic heterocycles. The first-order chi connectivity index (χ1) is 8.56. The Hall–Kier alpha value is -1.59. The van der Waals surface area contributed by atoms with E-state index in [1.165, 1.54) is 0 Å². The summed E-state index contributed by atoms with van der Waals surface area (Å²) < 4.78 is 5.06. The van der Waals surface area contributed by atoms with Crippen LogP contribution in [-0.4, -0.2) is 40.3 Å². The van der Waals surface area contributed by atoms with Crippen molar-refractivity contribution >= 4 is 17.3 Å². The first kappa shape index (κ1) is 12.9. The van der Waals surface area contributed by atoms with Gasteiger partial charge in [0.25, 0.3) is 0 Å². The van der Waals surface area contributed by atoms with Gasteiger partial charge >= 0.3 is 0 Å². The Balaban J connectivity index is 2.26. The first-order valence-corrected chi connectivity index (χ1v) is 5.93. The van der Waals surface area contributed by atoms with E-state index in [0.29, 0.717) is 6.61 Å². The number of rotatable bonds is 4. The van der Waals surface area contributed by atoms with Gasteiger partial charge in [-0.3, -0.25) is 4.79 Å². The fourth-order valence-corrected chi connectivity index (χ4v) is 2.14. The maximum atomic E-state index is 11.8. The number of carbonyl (C=O) groups excluding carboxylic acids is 1. The predicted molar refractivity (Wildman–Crippen MR) is 71.9 cm³/mol. The van der Waals surface area contributed by atoms with Crippen molar-refractivity contribution in [3.8, 4) is 0 Å². The normalized spacial score (nSPS) is 18.1. The van der Waals surface area contributed by atoms with Crippen LogP contribution in [0, 0.1) is 0 Å². The third kappa shape index (κ3) is 2.07. The van der Waals surface area contributed by atoms with E-state index in [0.717, 1.165) is 23.5 Å². The zero-order valence-corrected chi connectivity index (χ0v) is 11.0. The molecule has 1 atom stereocenters. The molecule has 5 nitrogen and oxygen atoms in total. The Morgan fingerprint density at radius 2 is 2.22 bits per heavy atom. The lowest BCUT2D eigenvalue weighted by molar-refractivity contribution is -0.118. The van der Waals surface area contributed by atoms with Gasteiger partial charge in [-0.2, -0.15) is 0 Å². The third-order valence-corrected chi connectivity index (χ3v) is 3.38. The number of nitrogens with two attached hydrogens (primary N) is 1. The molecule has 0 aliphatic carbocycles. The molecule has 1 unspecified atom stereocenters. The lowest BCUT2D eigenvalue weighted by Gasteiger charge is -2.20. The molecule has 0 aromatic heterocycles. The van der Waals surface area contributed by atoms with E-state index in [-0.39, 0.29) is 5.91 Å². The van der Waals surface area contributed by atoms with Crippen LogP contribution in [0.5, 0.6) is 0 Å². The maximum absolute atomic E-state index is 11.8. The number of nitrogens with zero attached hydrogens (tertiary/aromatic N) is 2. The van der Waals surface area contributed by atoms with Gasteiger partial charge in [-0.15, -0.1) is 0 Å². The van der Waals surface area contributed by atoms with E-state index in [1.807, 2.05) is 25.2 Å². The van der Waals surface area contributed by atoms with Crippen molar-refractivity contribution in [3.05, 3.63) is 23.8 Å². The summed E-state index contributed by atoms with van der Waals surface area (Å²) in [5.41, 5.74) is 8.71. The fourth-order valence-electron chi connectivity index (χ4n) is 2.14. The molecule has 1 aliphatic rings. The van der Waals surface area contributed by atoms with Gasteiger partial charge in [0.1, 0.15) is 6.04 Å². The zero-order valence-electron chi connectivity index (χ0n) is 11.0. The van der Waals surface area contributed by atoms with Gasteiger partial charge < -0.3 is 20.3 Å². The van der Waals surface area contributed by atoms with Crippen molar-refractivity contribution in [2.24, 2.45) is 5.73 Å². The fraction of sp³-hybridized carbons (Fsp3) is 0.462. The van der Waals surface area contributed by atoms with Crippen LogP contribution in [0.4, 0.5) is 11.4 Å². The van der Waals surface area contributed by atoms with E-state index in [1.54, 1.807) is 19.1 Å². The van der Waals surface area contributed by atoms with Crippen LogP contribution < -0.4 is 15.5 Å². The lowest BCUT2D eigenvalue weighted by Crippen LogP contribution is -2.28. The van der Waals surface area contributed by atoms with Crippen LogP contribution in [-0.2, 0) is 9.53 Å². The standard InChI is InChI=1S/C13H19N3O2/c1-15(6-7-18-3)9-4-5-10-11(8-9)16(2)13(17)12(10)14/h4-5,8,12H,6-7,14H2,1-3H3. The highest BCUT2D eigenvalue weighted by atomic mass is 16.5. The largest absolute Gasteiger partial charge is 0.383 e. The Kier molecular flexibility index (Phi) is 3.54. The third-order valence-electron chi connectivity index (χ3n) is 3.38. The molecule has 2 rings (SSSR count). The van der Waals surface area contributed by atoms with Crippen molar-refractivity contribution in [1.29, 1.82) is 0 Å². The molecule has 0 radical (unpaired) electrons. The minimum Gasteiger partial charge on any atom is -0.383 e. The average Bonchev–Trinajstić information content (AvgIpc) is 2.61. The van der Waals surface area contributed by atoms with Crippen molar-refractivity contribution in [2.45, 2.75) is 6.04 Å². The van der Waals surface area contributed by atoms with E-state index < -0.39 is 6.04 Å². The van der Waals surface area contributed by atoms with E-state index in [2.05, 4.69) is 4.90 Å². The minimum absolute atomic E-state index is 0.0540. The van der Waals surface area contributed by atoms with Gasteiger partial charge in [0.05, 0.1) is 12.3 Å². The number of methoxy groups -OCH3 is 1. The molecule has 5 heteroatoms. The van der Waals surface area contributed by atoms with Gasteiger partial charge in [-0.05, 0) is 12.1 Å². The minimum atomic E-state index is -0.525. The number of anilines is 2. The summed E-state index contributed by atoms with van der Waals surface area (Å²) in [6.07, 6.45) is 0. The number of benzene rings is 1. The second-order valence-corrected chi connectivity index (χ2v) is 4.53. The van der Waals surface area contributed by atoms with E-state index in [9.17, 15) is 4.79 Å². The van der Waals surface area contributed by atoms with Gasteiger partial charge in [0, 0.05) is 39.0 Å². The Labute approximate surface area is 107 Å². The molecule has 1 amide bonds. The zero-order chi connectivity index (χ0) is 13.3. The van der Waals surface area contributed by atoms with Gasteiger partial charge in [0.2, 0.25) is 5.91 Å². The highest BCUT2D eigenvalue weighted by molar-refractivity contribution is 6.04. The van der Waals surface area contributed by atoms with Crippen LogP contribution in [0.25, 0.3) is 0 Å². The van der Waals surface area contributed by atoms with Crippen molar-refractivity contribution in [1.82, 2.24) is 0 Å². The van der Waals surface area contributed by atoms with Crippen molar-refractivity contribution in [3.63, 3.8) is 0 Å². The number of likely N-dealkylation sites (N-methyl/N-ethyl adjacent to an activating group) is 2. The quantitative estimate of drug-likeness (QED) is 0.855. The topological polar surface area (TPSA) is 58.8 Å². The SMILES string of the molecule is COCCN(C)c1ccc2c(c1)N(C)C(=O)C2N. The maximum Gasteiger partial charge on any atom is 0.248 e. The van der Waals surface area contributed by atoms with Crippen LogP contribution in [0.1, 0.15) is 11.6 Å². The highest BCUT2D eigenvalue weighted by Crippen LogP contribution is 2.36. The Bertz CT molecular complexity index is 462. The van der Waals surface area contributed by atoms with E-state index >= 15 is 0 Å². The summed E-state index contributed by atoms with van der Waals surface area (Å²) in [4.78, 5) is 15.5. The summed E-state index contributed by atoms with van der Waals surface area (Å²) in [6, 6.07) is 5.39. The molecular weight excluding hydrogens is 230 g/mol. The Morgan fingerprint density at radius 3 is 2.89 bits per heavy atom. The molecule has 0 fully saturated rings. The predicted octanol–water partition coefficient (Wildman–Crippen LogP) is 0.745. The average molecular weight is 249 g/mol. The van der Waals surface area contributed by atoms with Gasteiger partial charge in [-0.1, -0.05) is 6.07 Å². The molecule has 1 heterocycles. The van der Waals surface area contributed by atoms with Crippen LogP contribution in [0.2, 0.25) is 0 Å². The van der Waals surface area contributed by atoms with Crippen molar-refractivity contribution < 1.29 is 9.53 Å². The van der Waals surface area contributed by atoms with Gasteiger partial charge in [-0.25, -0.2) is 0 Å². The summed E-state index contributed by atoms with van der Waals surface area (Å²) in [7, 11) is 5.44. The van der Waals surface area contributed by atoms with E-state index in [4.69, 9.17) is 10.5 Å². The monoisotopic (exact) mass is 249 g/mol. The number of carbonyl (C=O) groups is 1. The molecule has 0 saturated heterocycles. The molecule has 1 aromatic carbocycles. The molecule has 2 N–H and O–H groups in total.